The number of likely N-dealkylation sites (N-methyl/N-ethyl adjacent to an activating group) is 1. The Kier molecular flexibility index (Phi) is 3.14. The van der Waals surface area contributed by atoms with Crippen molar-refractivity contribution in [1.82, 2.24) is 4.90 Å². The largest absolute Gasteiger partial charge is 0.301 e. The Morgan fingerprint density at radius 3 is 2.71 bits per heavy atom. The molecule has 1 nitrogen and oxygen atoms in total. The molecule has 1 aliphatic rings. The zero-order valence-corrected chi connectivity index (χ0v) is 9.63. The lowest BCUT2D eigenvalue weighted by molar-refractivity contribution is 0.259. The first kappa shape index (κ1) is 10.1. The Balaban J connectivity index is 2.17. The van der Waals surface area contributed by atoms with Gasteiger partial charge in [-0.25, -0.2) is 0 Å². The summed E-state index contributed by atoms with van der Waals surface area (Å²) in [5, 5.41) is 0.648. The second kappa shape index (κ2) is 4.37. The number of nitrogens with zero attached hydrogens (tertiary/aromatic N) is 1. The van der Waals surface area contributed by atoms with Gasteiger partial charge in [0.2, 0.25) is 0 Å². The van der Waals surface area contributed by atoms with E-state index < -0.39 is 0 Å². The molecule has 1 aromatic carbocycles. The average molecular weight is 207 g/mol. The van der Waals surface area contributed by atoms with E-state index in [1.807, 2.05) is 0 Å². The van der Waals surface area contributed by atoms with Crippen molar-refractivity contribution < 1.29 is 0 Å². The first-order chi connectivity index (χ1) is 6.79. The molecule has 0 spiro atoms. The molecule has 0 aromatic heterocycles. The third-order valence-corrected chi connectivity index (χ3v) is 4.45. The third-order valence-electron chi connectivity index (χ3n) is 3.00. The van der Waals surface area contributed by atoms with Crippen LogP contribution >= 0.6 is 11.8 Å². The molecule has 0 aliphatic carbocycles. The van der Waals surface area contributed by atoms with Gasteiger partial charge in [-0.05, 0) is 19.5 Å². The van der Waals surface area contributed by atoms with Gasteiger partial charge in [-0.2, -0.15) is 11.8 Å². The highest BCUT2D eigenvalue weighted by atomic mass is 32.2. The molecule has 0 amide bonds. The summed E-state index contributed by atoms with van der Waals surface area (Å²) >= 11 is 2.09. The van der Waals surface area contributed by atoms with Gasteiger partial charge in [-0.15, -0.1) is 0 Å². The van der Waals surface area contributed by atoms with Crippen LogP contribution in [0.1, 0.15) is 17.7 Å². The maximum atomic E-state index is 2.45. The molecule has 2 unspecified atom stereocenters. The Labute approximate surface area is 90.5 Å². The van der Waals surface area contributed by atoms with Crippen LogP contribution in [0.3, 0.4) is 0 Å². The van der Waals surface area contributed by atoms with Gasteiger partial charge in [0.15, 0.2) is 0 Å². The zero-order chi connectivity index (χ0) is 9.97. The van der Waals surface area contributed by atoms with Gasteiger partial charge in [0.1, 0.15) is 0 Å². The molecule has 1 aliphatic heterocycles. The summed E-state index contributed by atoms with van der Waals surface area (Å²) in [5.41, 5.74) is 1.47. The Bertz CT molecular complexity index is 286. The topological polar surface area (TPSA) is 3.24 Å². The van der Waals surface area contributed by atoms with Crippen LogP contribution in [0.5, 0.6) is 0 Å². The van der Waals surface area contributed by atoms with Gasteiger partial charge >= 0.3 is 0 Å². The number of hydrogen-bond donors (Lipinski definition) is 0. The van der Waals surface area contributed by atoms with Gasteiger partial charge in [0.05, 0.1) is 0 Å². The quantitative estimate of drug-likeness (QED) is 0.696. The molecule has 2 heteroatoms. The van der Waals surface area contributed by atoms with Crippen molar-refractivity contribution in [2.75, 3.05) is 19.3 Å². The van der Waals surface area contributed by atoms with Crippen LogP contribution in [0, 0.1) is 0 Å². The molecule has 1 saturated heterocycles. The Morgan fingerprint density at radius 2 is 2.00 bits per heavy atom. The lowest BCUT2D eigenvalue weighted by atomic mass is 10.1. The summed E-state index contributed by atoms with van der Waals surface area (Å²) in [5.74, 6) is 1.25. The second-order valence-electron chi connectivity index (χ2n) is 3.92. The van der Waals surface area contributed by atoms with E-state index in [1.165, 1.54) is 17.9 Å². The monoisotopic (exact) mass is 207 g/mol. The van der Waals surface area contributed by atoms with Crippen molar-refractivity contribution in [3.63, 3.8) is 0 Å². The highest BCUT2D eigenvalue weighted by Crippen LogP contribution is 2.37. The number of benzene rings is 1. The first-order valence-electron chi connectivity index (χ1n) is 5.16. The molecule has 1 aromatic rings. The molecule has 76 valence electrons. The van der Waals surface area contributed by atoms with Crippen molar-refractivity contribution in [2.45, 2.75) is 18.2 Å². The van der Waals surface area contributed by atoms with E-state index in [9.17, 15) is 0 Å². The van der Waals surface area contributed by atoms with Crippen LogP contribution in [0.2, 0.25) is 0 Å². The second-order valence-corrected chi connectivity index (χ2v) is 5.17. The molecular weight excluding hydrogens is 190 g/mol. The predicted molar refractivity (Wildman–Crippen MR) is 63.7 cm³/mol. The Hall–Kier alpha value is -0.470. The molecule has 0 bridgehead atoms. The highest BCUT2D eigenvalue weighted by molar-refractivity contribution is 7.99. The number of hydrogen-bond acceptors (Lipinski definition) is 2. The SMILES string of the molecule is CC1C(c2ccccc2)SCCN1C. The van der Waals surface area contributed by atoms with Crippen LogP contribution in [0.4, 0.5) is 0 Å². The predicted octanol–water partition coefficient (Wildman–Crippen LogP) is 2.79. The third kappa shape index (κ3) is 1.96. The first-order valence-corrected chi connectivity index (χ1v) is 6.20. The molecule has 14 heavy (non-hydrogen) atoms. The van der Waals surface area contributed by atoms with Crippen molar-refractivity contribution in [2.24, 2.45) is 0 Å². The van der Waals surface area contributed by atoms with Crippen molar-refractivity contribution >= 4 is 11.8 Å². The van der Waals surface area contributed by atoms with Gasteiger partial charge in [-0.3, -0.25) is 0 Å². The summed E-state index contributed by atoms with van der Waals surface area (Å²) in [4.78, 5) is 2.45. The summed E-state index contributed by atoms with van der Waals surface area (Å²) in [7, 11) is 2.22. The van der Waals surface area contributed by atoms with E-state index in [0.717, 1.165) is 0 Å². The molecule has 1 fully saturated rings. The van der Waals surface area contributed by atoms with Gasteiger partial charge in [0.25, 0.3) is 0 Å². The van der Waals surface area contributed by atoms with E-state index in [0.29, 0.717) is 11.3 Å². The van der Waals surface area contributed by atoms with Crippen LogP contribution in [-0.2, 0) is 0 Å². The van der Waals surface area contributed by atoms with Gasteiger partial charge in [-0.1, -0.05) is 30.3 Å². The van der Waals surface area contributed by atoms with E-state index in [-0.39, 0.29) is 0 Å². The van der Waals surface area contributed by atoms with Crippen LogP contribution in [0.25, 0.3) is 0 Å². The van der Waals surface area contributed by atoms with E-state index in [1.54, 1.807) is 0 Å². The molecule has 2 rings (SSSR count). The minimum Gasteiger partial charge on any atom is -0.301 e. The van der Waals surface area contributed by atoms with Crippen molar-refractivity contribution in [3.05, 3.63) is 35.9 Å². The minimum absolute atomic E-state index is 0.648. The van der Waals surface area contributed by atoms with Gasteiger partial charge in [0, 0.05) is 23.6 Å². The summed E-state index contributed by atoms with van der Waals surface area (Å²) in [6.45, 7) is 3.54. The van der Waals surface area contributed by atoms with Crippen molar-refractivity contribution in [1.29, 1.82) is 0 Å². The standard InChI is InChI=1S/C12H17NS/c1-10-12(14-9-8-13(10)2)11-6-4-3-5-7-11/h3-7,10,12H,8-9H2,1-2H3. The fraction of sp³-hybridized carbons (Fsp3) is 0.500. The minimum atomic E-state index is 0.648. The number of rotatable bonds is 1. The lowest BCUT2D eigenvalue weighted by Gasteiger charge is -2.36. The average Bonchev–Trinajstić information content (AvgIpc) is 2.23. The van der Waals surface area contributed by atoms with Crippen molar-refractivity contribution in [3.8, 4) is 0 Å². The number of thioether (sulfide) groups is 1. The smallest absolute Gasteiger partial charge is 0.0450 e. The maximum Gasteiger partial charge on any atom is 0.0450 e. The van der Waals surface area contributed by atoms with Crippen LogP contribution in [-0.4, -0.2) is 30.3 Å². The molecular formula is C12H17NS. The normalized spacial score (nSPS) is 29.0. The zero-order valence-electron chi connectivity index (χ0n) is 8.81. The van der Waals surface area contributed by atoms with E-state index in [2.05, 4.69) is 61.0 Å². The molecule has 0 saturated carbocycles. The molecule has 0 N–H and O–H groups in total. The van der Waals surface area contributed by atoms with Gasteiger partial charge < -0.3 is 4.90 Å². The highest BCUT2D eigenvalue weighted by Gasteiger charge is 2.26. The maximum absolute atomic E-state index is 2.45. The molecule has 1 heterocycles. The van der Waals surface area contributed by atoms with Crippen LogP contribution < -0.4 is 0 Å². The van der Waals surface area contributed by atoms with E-state index >= 15 is 0 Å². The summed E-state index contributed by atoms with van der Waals surface area (Å²) < 4.78 is 0. The van der Waals surface area contributed by atoms with Crippen LogP contribution in [0.15, 0.2) is 30.3 Å². The molecule has 0 radical (unpaired) electrons. The lowest BCUT2D eigenvalue weighted by Crippen LogP contribution is -2.38. The Morgan fingerprint density at radius 1 is 1.29 bits per heavy atom. The fourth-order valence-electron chi connectivity index (χ4n) is 1.92. The van der Waals surface area contributed by atoms with E-state index in [4.69, 9.17) is 0 Å². The summed E-state index contributed by atoms with van der Waals surface area (Å²) in [6.07, 6.45) is 0. The summed E-state index contributed by atoms with van der Waals surface area (Å²) in [6, 6.07) is 11.5. The fourth-order valence-corrected chi connectivity index (χ4v) is 3.40. The molecule has 2 atom stereocenters.